The van der Waals surface area contributed by atoms with Crippen molar-refractivity contribution in [2.24, 2.45) is 0 Å². The number of aromatic nitrogens is 6. The molecule has 9 N–H and O–H groups in total. The molecule has 0 aliphatic rings. The van der Waals surface area contributed by atoms with Crippen molar-refractivity contribution >= 4 is 121 Å². The standard InChI is InChI=1S/C22H22F3N5O2.C20H22Cl2N4O2.C20H22ClFN4O2/c1-2-3-4-5-9-30-19-12-17(22(23,24)25)15(13-26)11-18(19)28-21(30)27-16-8-6-7-14(10-16)20(31)29-32;2*1-2-3-4-5-9-26-18-12-16(22)15(21)11-17(18)24-20(26)23-14-8-6-7-13(10-14)19(27)25-28/h6-8,10-12,32H,2-5,9H2,1H3,(H,27,28)(H,29,31);2*6-8,10-12,28H,2-5,9H2,1H3,(H,23,24)(H,25,27). The Morgan fingerprint density at radius 3 is 1.22 bits per heavy atom. The smallest absolute Gasteiger partial charge is 0.326 e. The number of nitrogens with zero attached hydrogens (tertiary/aromatic N) is 7. The fraction of sp³-hybridized carbons (Fsp3) is 0.306. The zero-order valence-corrected chi connectivity index (χ0v) is 50.6. The number of benzene rings is 6. The van der Waals surface area contributed by atoms with Gasteiger partial charge in [0.1, 0.15) is 5.82 Å². The molecule has 9 aromatic rings. The summed E-state index contributed by atoms with van der Waals surface area (Å²) < 4.78 is 60.2. The number of hydroxylamine groups is 3. The van der Waals surface area contributed by atoms with Crippen LogP contribution in [0.5, 0.6) is 0 Å². The minimum absolute atomic E-state index is 0.0243. The monoisotopic (exact) mass is 1270 g/mol. The SMILES string of the molecule is CCCCCCn1c(Nc2cccc(C(=O)NO)c2)nc2cc(C#N)c(C(F)(F)F)cc21.CCCCCCn1c(Nc2cccc(C(=O)NO)c2)nc2cc(Cl)c(Cl)cc21.CCCCCCn1c(Nc2cccc(C(=O)NO)c2)nc2cc(Cl)c(F)cc21. The number of anilines is 6. The fourth-order valence-corrected chi connectivity index (χ4v) is 10.1. The topological polar surface area (TPSA) is 261 Å². The fourth-order valence-electron chi connectivity index (χ4n) is 9.59. The summed E-state index contributed by atoms with van der Waals surface area (Å²) in [6.07, 6.45) is 7.74. The Morgan fingerprint density at radius 2 is 0.852 bits per heavy atom. The lowest BCUT2D eigenvalue weighted by atomic mass is 10.1. The van der Waals surface area contributed by atoms with Gasteiger partial charge in [0, 0.05) is 59.5 Å². The van der Waals surface area contributed by atoms with E-state index in [1.54, 1.807) is 87.7 Å². The number of unbranched alkanes of at least 4 members (excludes halogenated alkanes) is 9. The summed E-state index contributed by atoms with van der Waals surface area (Å²) in [5.74, 6) is -0.893. The van der Waals surface area contributed by atoms with Gasteiger partial charge < -0.3 is 29.7 Å². The molecule has 0 aliphatic heterocycles. The summed E-state index contributed by atoms with van der Waals surface area (Å²) in [5.41, 5.74) is 9.33. The largest absolute Gasteiger partial charge is 0.417 e. The second-order valence-corrected chi connectivity index (χ2v) is 21.6. The van der Waals surface area contributed by atoms with Gasteiger partial charge in [0.15, 0.2) is 0 Å². The van der Waals surface area contributed by atoms with Gasteiger partial charge in [-0.25, -0.2) is 35.8 Å². The van der Waals surface area contributed by atoms with Gasteiger partial charge in [0.25, 0.3) is 17.7 Å². The van der Waals surface area contributed by atoms with Crippen molar-refractivity contribution in [3.8, 4) is 6.07 Å². The first-order valence-corrected chi connectivity index (χ1v) is 29.6. The molecule has 88 heavy (non-hydrogen) atoms. The highest BCUT2D eigenvalue weighted by Gasteiger charge is 2.35. The van der Waals surface area contributed by atoms with Crippen LogP contribution in [-0.4, -0.2) is 62.0 Å². The van der Waals surface area contributed by atoms with Crippen molar-refractivity contribution in [2.75, 3.05) is 16.0 Å². The molecule has 0 saturated heterocycles. The van der Waals surface area contributed by atoms with Crippen LogP contribution >= 0.6 is 34.8 Å². The van der Waals surface area contributed by atoms with Crippen LogP contribution in [0.1, 0.15) is 140 Å². The molecule has 464 valence electrons. The highest BCUT2D eigenvalue weighted by molar-refractivity contribution is 6.42. The van der Waals surface area contributed by atoms with Crippen molar-refractivity contribution < 1.29 is 47.6 Å². The number of amides is 3. The number of hydrogen-bond acceptors (Lipinski definition) is 13. The first-order valence-electron chi connectivity index (χ1n) is 28.5. The summed E-state index contributed by atoms with van der Waals surface area (Å²) in [7, 11) is 0. The molecule has 9 rings (SSSR count). The van der Waals surface area contributed by atoms with Gasteiger partial charge in [-0.1, -0.05) is 132 Å². The molecular formula is C62H66Cl3F4N13O6. The number of halogens is 7. The molecule has 0 unspecified atom stereocenters. The van der Waals surface area contributed by atoms with E-state index >= 15 is 0 Å². The molecule has 0 atom stereocenters. The number of imidazole rings is 3. The third-order valence-corrected chi connectivity index (χ3v) is 15.1. The lowest BCUT2D eigenvalue weighted by Gasteiger charge is -2.13. The lowest BCUT2D eigenvalue weighted by Crippen LogP contribution is -2.18. The molecular weight excluding hydrogens is 1210 g/mol. The van der Waals surface area contributed by atoms with Crippen molar-refractivity contribution in [3.63, 3.8) is 0 Å². The molecule has 0 aliphatic carbocycles. The molecule has 3 heterocycles. The molecule has 0 saturated carbocycles. The molecule has 0 fully saturated rings. The van der Waals surface area contributed by atoms with Gasteiger partial charge >= 0.3 is 6.18 Å². The van der Waals surface area contributed by atoms with Crippen LogP contribution < -0.4 is 32.4 Å². The second-order valence-electron chi connectivity index (χ2n) is 20.4. The van der Waals surface area contributed by atoms with E-state index in [2.05, 4.69) is 56.2 Å². The van der Waals surface area contributed by atoms with Gasteiger partial charge in [-0.05, 0) is 104 Å². The van der Waals surface area contributed by atoms with Crippen molar-refractivity contribution in [3.05, 3.63) is 158 Å². The van der Waals surface area contributed by atoms with Crippen molar-refractivity contribution in [1.82, 2.24) is 45.1 Å². The van der Waals surface area contributed by atoms with E-state index in [9.17, 15) is 37.2 Å². The highest BCUT2D eigenvalue weighted by Crippen LogP contribution is 2.37. The van der Waals surface area contributed by atoms with Gasteiger partial charge in [-0.3, -0.25) is 30.0 Å². The molecule has 0 radical (unpaired) electrons. The molecule has 19 nitrogen and oxygen atoms in total. The Hall–Kier alpha value is -8.50. The average Bonchev–Trinajstić information content (AvgIpc) is 4.33. The lowest BCUT2D eigenvalue weighted by molar-refractivity contribution is -0.137. The number of aryl methyl sites for hydroxylation is 3. The third-order valence-electron chi connectivity index (χ3n) is 14.0. The van der Waals surface area contributed by atoms with Crippen LogP contribution in [-0.2, 0) is 25.8 Å². The number of carbonyl (C=O) groups is 3. The molecule has 0 spiro atoms. The molecule has 3 amide bonds. The zero-order chi connectivity index (χ0) is 63.5. The Bertz CT molecular complexity index is 3780. The predicted octanol–water partition coefficient (Wildman–Crippen LogP) is 16.4. The summed E-state index contributed by atoms with van der Waals surface area (Å²) in [6.45, 7) is 8.28. The minimum Gasteiger partial charge on any atom is -0.326 e. The van der Waals surface area contributed by atoms with Crippen LogP contribution in [0.2, 0.25) is 15.1 Å². The average molecular weight is 1270 g/mol. The van der Waals surface area contributed by atoms with Gasteiger partial charge in [-0.15, -0.1) is 0 Å². The van der Waals surface area contributed by atoms with Crippen LogP contribution in [0.15, 0.2) is 109 Å². The minimum atomic E-state index is -4.67. The zero-order valence-electron chi connectivity index (χ0n) is 48.3. The number of rotatable bonds is 24. The predicted molar refractivity (Wildman–Crippen MR) is 333 cm³/mol. The second kappa shape index (κ2) is 31.9. The first kappa shape index (κ1) is 67.0. The Kier molecular flexibility index (Phi) is 24.3. The molecule has 6 aromatic carbocycles. The van der Waals surface area contributed by atoms with Crippen LogP contribution in [0.3, 0.4) is 0 Å². The van der Waals surface area contributed by atoms with E-state index in [0.717, 1.165) is 100 Å². The van der Waals surface area contributed by atoms with E-state index in [4.69, 9.17) is 50.4 Å². The van der Waals surface area contributed by atoms with Crippen molar-refractivity contribution in [1.29, 1.82) is 5.26 Å². The van der Waals surface area contributed by atoms with E-state index in [0.29, 0.717) is 80.2 Å². The maximum absolute atomic E-state index is 14.0. The number of nitriles is 1. The maximum atomic E-state index is 14.0. The third kappa shape index (κ3) is 17.4. The molecule has 3 aromatic heterocycles. The summed E-state index contributed by atoms with van der Waals surface area (Å²) in [6, 6.07) is 29.9. The quantitative estimate of drug-likeness (QED) is 0.0118. The Balaban J connectivity index is 0.000000189. The van der Waals surface area contributed by atoms with E-state index in [1.807, 2.05) is 16.7 Å². The van der Waals surface area contributed by atoms with Gasteiger partial charge in [0.2, 0.25) is 17.8 Å². The van der Waals surface area contributed by atoms with E-state index in [-0.39, 0.29) is 21.6 Å². The van der Waals surface area contributed by atoms with Crippen LogP contribution in [0.4, 0.5) is 52.5 Å². The first-order chi connectivity index (χ1) is 42.3. The normalized spacial score (nSPS) is 11.1. The Labute approximate surface area is 519 Å². The number of carbonyl (C=O) groups excluding carboxylic acids is 3. The number of hydrogen-bond donors (Lipinski definition) is 9. The van der Waals surface area contributed by atoms with E-state index in [1.165, 1.54) is 30.7 Å². The van der Waals surface area contributed by atoms with E-state index < -0.39 is 40.8 Å². The molecule has 0 bridgehead atoms. The van der Waals surface area contributed by atoms with Crippen LogP contribution in [0.25, 0.3) is 33.1 Å². The summed E-state index contributed by atoms with van der Waals surface area (Å²) in [4.78, 5) is 48.6. The highest BCUT2D eigenvalue weighted by atomic mass is 35.5. The Morgan fingerprint density at radius 1 is 0.500 bits per heavy atom. The maximum Gasteiger partial charge on any atom is 0.417 e. The number of alkyl halides is 3. The molecule has 26 heteroatoms. The summed E-state index contributed by atoms with van der Waals surface area (Å²) >= 11 is 18.3. The van der Waals surface area contributed by atoms with Gasteiger partial charge in [0.05, 0.1) is 65.4 Å². The van der Waals surface area contributed by atoms with Crippen molar-refractivity contribution in [2.45, 2.75) is 124 Å². The van der Waals surface area contributed by atoms with Gasteiger partial charge in [-0.2, -0.15) is 18.4 Å². The van der Waals surface area contributed by atoms with Crippen LogP contribution in [0, 0.1) is 17.1 Å². The number of nitrogens with one attached hydrogen (secondary N) is 6. The summed E-state index contributed by atoms with van der Waals surface area (Å²) in [5, 5.41) is 46.2. The number of fused-ring (bicyclic) bond motifs is 3.